The molecule has 1 aliphatic rings. The van der Waals surface area contributed by atoms with E-state index < -0.39 is 12.1 Å². The fourth-order valence-electron chi connectivity index (χ4n) is 3.61. The summed E-state index contributed by atoms with van der Waals surface area (Å²) < 4.78 is 5.53. The van der Waals surface area contributed by atoms with Gasteiger partial charge in [0.05, 0.1) is 10.9 Å². The topological polar surface area (TPSA) is 72.0 Å². The maximum atomic E-state index is 12.7. The second-order valence-corrected chi connectivity index (χ2v) is 8.48. The molecule has 2 atom stereocenters. The van der Waals surface area contributed by atoms with Crippen molar-refractivity contribution in [1.82, 2.24) is 9.97 Å². The standard InChI is InChI=1S/C21H22N2O3S/c1-11-5-4-6-14(9-11)21(25)26-13(3)18-22-19(24)17-15-8-7-12(2)10-16(15)27-20(17)23-18/h4-6,9,12-13H,7-8,10H2,1-3H3,(H,22,23,24)/t12-,13+/m1/s1. The Morgan fingerprint density at radius 1 is 1.41 bits per heavy atom. The summed E-state index contributed by atoms with van der Waals surface area (Å²) in [6, 6.07) is 7.24. The molecule has 0 unspecified atom stereocenters. The number of aryl methyl sites for hydroxylation is 2. The number of hydrogen-bond donors (Lipinski definition) is 1. The molecule has 27 heavy (non-hydrogen) atoms. The fourth-order valence-corrected chi connectivity index (χ4v) is 5.00. The highest BCUT2D eigenvalue weighted by atomic mass is 32.1. The van der Waals surface area contributed by atoms with Crippen LogP contribution >= 0.6 is 11.3 Å². The number of ether oxygens (including phenoxy) is 1. The minimum Gasteiger partial charge on any atom is -0.451 e. The molecule has 1 N–H and O–H groups in total. The van der Waals surface area contributed by atoms with Gasteiger partial charge in [-0.1, -0.05) is 24.6 Å². The Balaban J connectivity index is 1.64. The van der Waals surface area contributed by atoms with E-state index in [-0.39, 0.29) is 5.56 Å². The van der Waals surface area contributed by atoms with E-state index in [2.05, 4.69) is 16.9 Å². The van der Waals surface area contributed by atoms with Crippen LogP contribution in [0.15, 0.2) is 29.1 Å². The minimum atomic E-state index is -0.631. The number of fused-ring (bicyclic) bond motifs is 3. The minimum absolute atomic E-state index is 0.138. The Hall–Kier alpha value is -2.47. The molecule has 0 amide bonds. The number of rotatable bonds is 3. The van der Waals surface area contributed by atoms with E-state index >= 15 is 0 Å². The lowest BCUT2D eigenvalue weighted by Gasteiger charge is -2.17. The first kappa shape index (κ1) is 17.9. The third kappa shape index (κ3) is 3.41. The molecule has 2 heterocycles. The van der Waals surface area contributed by atoms with Crippen molar-refractivity contribution in [2.24, 2.45) is 5.92 Å². The van der Waals surface area contributed by atoms with Gasteiger partial charge >= 0.3 is 5.97 Å². The van der Waals surface area contributed by atoms with Gasteiger partial charge < -0.3 is 9.72 Å². The highest BCUT2D eigenvalue weighted by Gasteiger charge is 2.24. The van der Waals surface area contributed by atoms with E-state index in [9.17, 15) is 9.59 Å². The van der Waals surface area contributed by atoms with Crippen molar-refractivity contribution in [3.63, 3.8) is 0 Å². The lowest BCUT2D eigenvalue weighted by Crippen LogP contribution is -2.18. The van der Waals surface area contributed by atoms with E-state index in [1.54, 1.807) is 30.4 Å². The summed E-state index contributed by atoms with van der Waals surface area (Å²) in [5, 5.41) is 0.711. The smallest absolute Gasteiger partial charge is 0.338 e. The number of H-pyrrole nitrogens is 1. The average molecular weight is 382 g/mol. The summed E-state index contributed by atoms with van der Waals surface area (Å²) >= 11 is 1.59. The summed E-state index contributed by atoms with van der Waals surface area (Å²) in [6.45, 7) is 5.89. The van der Waals surface area contributed by atoms with Crippen LogP contribution in [0.1, 0.15) is 58.6 Å². The zero-order valence-electron chi connectivity index (χ0n) is 15.7. The van der Waals surface area contributed by atoms with Gasteiger partial charge in [-0.25, -0.2) is 9.78 Å². The van der Waals surface area contributed by atoms with E-state index in [1.807, 2.05) is 19.1 Å². The first-order valence-corrected chi connectivity index (χ1v) is 10.1. The van der Waals surface area contributed by atoms with Crippen LogP contribution in [-0.4, -0.2) is 15.9 Å². The second kappa shape index (κ2) is 6.93. The normalized spacial score (nSPS) is 17.5. The molecule has 0 aliphatic heterocycles. The Bertz CT molecular complexity index is 1080. The number of nitrogens with zero attached hydrogens (tertiary/aromatic N) is 1. The molecular weight excluding hydrogens is 360 g/mol. The molecule has 0 bridgehead atoms. The SMILES string of the molecule is Cc1cccc(C(=O)O[C@@H](C)c2nc3sc4c(c3c(=O)[nH]2)CC[C@@H](C)C4)c1. The third-order valence-corrected chi connectivity index (χ3v) is 6.25. The van der Waals surface area contributed by atoms with Crippen LogP contribution in [0.2, 0.25) is 0 Å². The summed E-state index contributed by atoms with van der Waals surface area (Å²) in [4.78, 5) is 34.5. The highest BCUT2D eigenvalue weighted by molar-refractivity contribution is 7.18. The first-order chi connectivity index (χ1) is 12.9. The van der Waals surface area contributed by atoms with E-state index in [0.717, 1.165) is 35.2 Å². The van der Waals surface area contributed by atoms with Crippen LogP contribution in [-0.2, 0) is 17.6 Å². The molecule has 4 rings (SSSR count). The molecule has 0 fully saturated rings. The van der Waals surface area contributed by atoms with Crippen LogP contribution in [0.3, 0.4) is 0 Å². The zero-order valence-corrected chi connectivity index (χ0v) is 16.5. The summed E-state index contributed by atoms with van der Waals surface area (Å²) in [6.07, 6.45) is 2.40. The lowest BCUT2D eigenvalue weighted by atomic mass is 9.89. The number of hydrogen-bond acceptors (Lipinski definition) is 5. The van der Waals surface area contributed by atoms with Gasteiger partial charge in [-0.15, -0.1) is 11.3 Å². The molecule has 0 saturated carbocycles. The molecule has 0 saturated heterocycles. The van der Waals surface area contributed by atoms with Crippen LogP contribution < -0.4 is 5.56 Å². The average Bonchev–Trinajstić information content (AvgIpc) is 2.99. The van der Waals surface area contributed by atoms with Crippen LogP contribution in [0, 0.1) is 12.8 Å². The summed E-state index contributed by atoms with van der Waals surface area (Å²) in [7, 11) is 0. The molecule has 140 valence electrons. The monoisotopic (exact) mass is 382 g/mol. The largest absolute Gasteiger partial charge is 0.451 e. The maximum absolute atomic E-state index is 12.7. The van der Waals surface area contributed by atoms with Crippen molar-refractivity contribution in [2.75, 3.05) is 0 Å². The molecule has 0 radical (unpaired) electrons. The number of carbonyl (C=O) groups excluding carboxylic acids is 1. The van der Waals surface area contributed by atoms with Gasteiger partial charge in [-0.2, -0.15) is 0 Å². The third-order valence-electron chi connectivity index (χ3n) is 5.11. The molecule has 1 aromatic carbocycles. The van der Waals surface area contributed by atoms with Crippen LogP contribution in [0.5, 0.6) is 0 Å². The van der Waals surface area contributed by atoms with Crippen molar-refractivity contribution in [1.29, 1.82) is 0 Å². The summed E-state index contributed by atoms with van der Waals surface area (Å²) in [5.41, 5.74) is 2.49. The molecule has 6 heteroatoms. The van der Waals surface area contributed by atoms with Crippen molar-refractivity contribution in [3.8, 4) is 0 Å². The lowest BCUT2D eigenvalue weighted by molar-refractivity contribution is 0.0320. The van der Waals surface area contributed by atoms with Crippen LogP contribution in [0.25, 0.3) is 10.2 Å². The van der Waals surface area contributed by atoms with Gasteiger partial charge in [0.2, 0.25) is 0 Å². The number of aromatic amines is 1. The molecule has 5 nitrogen and oxygen atoms in total. The van der Waals surface area contributed by atoms with Crippen molar-refractivity contribution in [2.45, 2.75) is 46.1 Å². The van der Waals surface area contributed by atoms with Crippen molar-refractivity contribution >= 4 is 27.5 Å². The highest BCUT2D eigenvalue weighted by Crippen LogP contribution is 2.36. The van der Waals surface area contributed by atoms with Gasteiger partial charge in [-0.3, -0.25) is 4.79 Å². The molecule has 0 spiro atoms. The number of aromatic nitrogens is 2. The van der Waals surface area contributed by atoms with Gasteiger partial charge in [0.1, 0.15) is 4.83 Å². The van der Waals surface area contributed by atoms with Crippen molar-refractivity contribution in [3.05, 3.63) is 62.0 Å². The Morgan fingerprint density at radius 2 is 2.22 bits per heavy atom. The van der Waals surface area contributed by atoms with Crippen molar-refractivity contribution < 1.29 is 9.53 Å². The number of benzene rings is 1. The Kier molecular flexibility index (Phi) is 4.60. The van der Waals surface area contributed by atoms with Crippen LogP contribution in [0.4, 0.5) is 0 Å². The molecule has 2 aromatic heterocycles. The molecular formula is C21H22N2O3S. The quantitative estimate of drug-likeness (QED) is 0.684. The number of carbonyl (C=O) groups is 1. The number of esters is 1. The second-order valence-electron chi connectivity index (χ2n) is 7.40. The van der Waals surface area contributed by atoms with E-state index in [0.29, 0.717) is 22.7 Å². The number of thiophene rings is 1. The van der Waals surface area contributed by atoms with Gasteiger partial charge in [-0.05, 0) is 56.7 Å². The fraction of sp³-hybridized carbons (Fsp3) is 0.381. The van der Waals surface area contributed by atoms with Gasteiger partial charge in [0.15, 0.2) is 11.9 Å². The van der Waals surface area contributed by atoms with E-state index in [4.69, 9.17) is 4.74 Å². The first-order valence-electron chi connectivity index (χ1n) is 9.24. The predicted molar refractivity (Wildman–Crippen MR) is 106 cm³/mol. The Labute approximate surface area is 161 Å². The number of nitrogens with one attached hydrogen (secondary N) is 1. The Morgan fingerprint density at radius 3 is 3.00 bits per heavy atom. The predicted octanol–water partition coefficient (Wildman–Crippen LogP) is 4.34. The van der Waals surface area contributed by atoms with Gasteiger partial charge in [0.25, 0.3) is 5.56 Å². The maximum Gasteiger partial charge on any atom is 0.338 e. The van der Waals surface area contributed by atoms with E-state index in [1.165, 1.54) is 4.88 Å². The van der Waals surface area contributed by atoms with Gasteiger partial charge in [0, 0.05) is 4.88 Å². The summed E-state index contributed by atoms with van der Waals surface area (Å²) in [5.74, 6) is 0.603. The zero-order chi connectivity index (χ0) is 19.1. The molecule has 3 aromatic rings. The molecule has 1 aliphatic carbocycles.